The summed E-state index contributed by atoms with van der Waals surface area (Å²) >= 11 is 0. The molecule has 1 heterocycles. The van der Waals surface area contributed by atoms with Gasteiger partial charge >= 0.3 is 5.97 Å². The monoisotopic (exact) mass is 279 g/mol. The van der Waals surface area contributed by atoms with Gasteiger partial charge in [0.05, 0.1) is 17.9 Å². The molecule has 1 rings (SSSR count). The van der Waals surface area contributed by atoms with Crippen LogP contribution in [0.15, 0.2) is 0 Å². The predicted octanol–water partition coefficient (Wildman–Crippen LogP) is -0.0149. The number of hydrogen-bond donors (Lipinski definition) is 1. The molecule has 1 N–H and O–H groups in total. The number of carboxylic acids is 1. The van der Waals surface area contributed by atoms with Crippen LogP contribution in [0.1, 0.15) is 19.8 Å². The summed E-state index contributed by atoms with van der Waals surface area (Å²) in [4.78, 5) is 12.8. The Bertz CT molecular complexity index is 381. The first-order valence-electron chi connectivity index (χ1n) is 6.02. The average Bonchev–Trinajstić information content (AvgIpc) is 2.24. The fraction of sp³-hybridized carbons (Fsp3) is 0.909. The standard InChI is InChI=1S/C11H21NO5S/c1-9(3-5-17-2)12-4-6-18(15,16)8-10(12)7-11(13)14/h9-10H,3-8H2,1-2H3,(H,13,14). The maximum Gasteiger partial charge on any atom is 0.304 e. The SMILES string of the molecule is COCCC(C)N1CCS(=O)(=O)CC1CC(=O)O. The second-order valence-corrected chi connectivity index (χ2v) is 6.96. The molecule has 0 radical (unpaired) electrons. The van der Waals surface area contributed by atoms with E-state index < -0.39 is 21.8 Å². The Balaban J connectivity index is 2.71. The first-order chi connectivity index (χ1) is 8.35. The summed E-state index contributed by atoms with van der Waals surface area (Å²) in [6.07, 6.45) is 0.642. The Morgan fingerprint density at radius 3 is 2.78 bits per heavy atom. The fourth-order valence-electron chi connectivity index (χ4n) is 2.31. The lowest BCUT2D eigenvalue weighted by Crippen LogP contribution is -2.53. The van der Waals surface area contributed by atoms with Crippen molar-refractivity contribution < 1.29 is 23.1 Å². The predicted molar refractivity (Wildman–Crippen MR) is 67.4 cm³/mol. The topological polar surface area (TPSA) is 83.9 Å². The van der Waals surface area contributed by atoms with Crippen LogP contribution in [0.2, 0.25) is 0 Å². The summed E-state index contributed by atoms with van der Waals surface area (Å²) in [7, 11) is -1.49. The van der Waals surface area contributed by atoms with Crippen LogP contribution in [0.5, 0.6) is 0 Å². The van der Waals surface area contributed by atoms with Gasteiger partial charge < -0.3 is 9.84 Å². The number of hydrogen-bond acceptors (Lipinski definition) is 5. The van der Waals surface area contributed by atoms with Crippen molar-refractivity contribution in [1.82, 2.24) is 4.90 Å². The van der Waals surface area contributed by atoms with Crippen LogP contribution in [0, 0.1) is 0 Å². The van der Waals surface area contributed by atoms with E-state index in [1.807, 2.05) is 11.8 Å². The van der Waals surface area contributed by atoms with Gasteiger partial charge in [0, 0.05) is 32.3 Å². The maximum absolute atomic E-state index is 11.6. The zero-order valence-electron chi connectivity index (χ0n) is 10.8. The van der Waals surface area contributed by atoms with Crippen molar-refractivity contribution in [2.24, 2.45) is 0 Å². The van der Waals surface area contributed by atoms with Crippen molar-refractivity contribution in [2.45, 2.75) is 31.8 Å². The van der Waals surface area contributed by atoms with Gasteiger partial charge in [0.2, 0.25) is 0 Å². The average molecular weight is 279 g/mol. The lowest BCUT2D eigenvalue weighted by molar-refractivity contribution is -0.138. The molecule has 1 aliphatic heterocycles. The van der Waals surface area contributed by atoms with E-state index in [0.717, 1.165) is 6.42 Å². The van der Waals surface area contributed by atoms with Gasteiger partial charge in [-0.05, 0) is 13.3 Å². The van der Waals surface area contributed by atoms with Crippen molar-refractivity contribution in [3.63, 3.8) is 0 Å². The lowest BCUT2D eigenvalue weighted by atomic mass is 10.1. The van der Waals surface area contributed by atoms with Crippen molar-refractivity contribution in [2.75, 3.05) is 31.8 Å². The van der Waals surface area contributed by atoms with Gasteiger partial charge in [0.1, 0.15) is 0 Å². The Morgan fingerprint density at radius 2 is 2.22 bits per heavy atom. The zero-order valence-corrected chi connectivity index (χ0v) is 11.6. The van der Waals surface area contributed by atoms with Crippen molar-refractivity contribution in [1.29, 1.82) is 0 Å². The third-order valence-corrected chi connectivity index (χ3v) is 4.99. The van der Waals surface area contributed by atoms with E-state index in [0.29, 0.717) is 13.2 Å². The van der Waals surface area contributed by atoms with Crippen LogP contribution >= 0.6 is 0 Å². The van der Waals surface area contributed by atoms with E-state index in [9.17, 15) is 13.2 Å². The zero-order chi connectivity index (χ0) is 13.8. The number of aliphatic carboxylic acids is 1. The lowest BCUT2D eigenvalue weighted by Gasteiger charge is -2.38. The van der Waals surface area contributed by atoms with Crippen LogP contribution in [0.25, 0.3) is 0 Å². The molecule has 2 unspecified atom stereocenters. The Morgan fingerprint density at radius 1 is 1.56 bits per heavy atom. The fourth-order valence-corrected chi connectivity index (χ4v) is 3.86. The Labute approximate surface area is 108 Å². The van der Waals surface area contributed by atoms with Gasteiger partial charge in [0.15, 0.2) is 9.84 Å². The van der Waals surface area contributed by atoms with Gasteiger partial charge in [-0.25, -0.2) is 8.42 Å². The van der Waals surface area contributed by atoms with Crippen LogP contribution in [-0.4, -0.2) is 68.2 Å². The Hall–Kier alpha value is -0.660. The molecule has 0 aliphatic carbocycles. The molecule has 0 aromatic carbocycles. The second-order valence-electron chi connectivity index (χ2n) is 4.73. The van der Waals surface area contributed by atoms with Crippen LogP contribution in [0.3, 0.4) is 0 Å². The Kier molecular flexibility index (Phi) is 5.55. The minimum atomic E-state index is -3.10. The molecule has 1 saturated heterocycles. The summed E-state index contributed by atoms with van der Waals surface area (Å²) in [5.74, 6) is -0.905. The molecule has 18 heavy (non-hydrogen) atoms. The highest BCUT2D eigenvalue weighted by Gasteiger charge is 2.34. The minimum Gasteiger partial charge on any atom is -0.481 e. The quantitative estimate of drug-likeness (QED) is 0.736. The molecule has 2 atom stereocenters. The van der Waals surface area contributed by atoms with Crippen molar-refractivity contribution in [3.05, 3.63) is 0 Å². The normalized spacial score (nSPS) is 25.8. The number of nitrogens with zero attached hydrogens (tertiary/aromatic N) is 1. The van der Waals surface area contributed by atoms with Crippen molar-refractivity contribution >= 4 is 15.8 Å². The van der Waals surface area contributed by atoms with Gasteiger partial charge in [-0.15, -0.1) is 0 Å². The van der Waals surface area contributed by atoms with Gasteiger partial charge in [0.25, 0.3) is 0 Å². The molecule has 0 aromatic heterocycles. The van der Waals surface area contributed by atoms with E-state index >= 15 is 0 Å². The molecule has 0 amide bonds. The van der Waals surface area contributed by atoms with E-state index in [1.54, 1.807) is 7.11 Å². The maximum atomic E-state index is 11.6. The third-order valence-electron chi connectivity index (χ3n) is 3.29. The molecule has 1 fully saturated rings. The number of rotatable bonds is 6. The molecular weight excluding hydrogens is 258 g/mol. The largest absolute Gasteiger partial charge is 0.481 e. The van der Waals surface area contributed by atoms with Gasteiger partial charge in [-0.2, -0.15) is 0 Å². The number of sulfone groups is 1. The molecule has 0 bridgehead atoms. The van der Waals surface area contributed by atoms with Gasteiger partial charge in [-0.1, -0.05) is 0 Å². The van der Waals surface area contributed by atoms with Crippen LogP contribution in [0.4, 0.5) is 0 Å². The summed E-state index contributed by atoms with van der Waals surface area (Å²) in [5, 5.41) is 8.87. The van der Waals surface area contributed by atoms with E-state index in [1.165, 1.54) is 0 Å². The molecule has 0 saturated carbocycles. The smallest absolute Gasteiger partial charge is 0.304 e. The number of carbonyl (C=O) groups is 1. The van der Waals surface area contributed by atoms with Crippen molar-refractivity contribution in [3.8, 4) is 0 Å². The molecule has 1 aliphatic rings. The first-order valence-corrected chi connectivity index (χ1v) is 7.84. The van der Waals surface area contributed by atoms with Gasteiger partial charge in [-0.3, -0.25) is 9.69 Å². The number of methoxy groups -OCH3 is 1. The number of ether oxygens (including phenoxy) is 1. The first kappa shape index (κ1) is 15.4. The molecule has 0 spiro atoms. The number of carboxylic acid groups (broad SMARTS) is 1. The molecule has 106 valence electrons. The van der Waals surface area contributed by atoms with Crippen LogP contribution in [-0.2, 0) is 19.4 Å². The highest BCUT2D eigenvalue weighted by atomic mass is 32.2. The summed E-state index contributed by atoms with van der Waals surface area (Å²) in [5.41, 5.74) is 0. The highest BCUT2D eigenvalue weighted by molar-refractivity contribution is 7.91. The molecule has 6 nitrogen and oxygen atoms in total. The summed E-state index contributed by atoms with van der Waals surface area (Å²) in [6, 6.07) is -0.294. The summed E-state index contributed by atoms with van der Waals surface area (Å²) in [6.45, 7) is 2.97. The summed E-state index contributed by atoms with van der Waals surface area (Å²) < 4.78 is 28.2. The minimum absolute atomic E-state index is 0.0589. The van der Waals surface area contributed by atoms with E-state index in [2.05, 4.69) is 0 Å². The molecular formula is C11H21NO5S. The van der Waals surface area contributed by atoms with E-state index in [4.69, 9.17) is 9.84 Å². The molecule has 7 heteroatoms. The van der Waals surface area contributed by atoms with Crippen LogP contribution < -0.4 is 0 Å². The molecule has 0 aromatic rings. The second kappa shape index (κ2) is 6.49. The third kappa shape index (κ3) is 4.55. The highest BCUT2D eigenvalue weighted by Crippen LogP contribution is 2.19. The van der Waals surface area contributed by atoms with E-state index in [-0.39, 0.29) is 24.0 Å².